The van der Waals surface area contributed by atoms with Gasteiger partial charge in [0.25, 0.3) is 11.8 Å². The first kappa shape index (κ1) is 24.8. The number of rotatable bonds is 8. The number of nitrogens with one attached hydrogen (secondary N) is 3. The second-order valence-electron chi connectivity index (χ2n) is 8.83. The van der Waals surface area contributed by atoms with Crippen molar-refractivity contribution in [2.75, 3.05) is 29.2 Å². The van der Waals surface area contributed by atoms with Crippen LogP contribution in [0.3, 0.4) is 0 Å². The quantitative estimate of drug-likeness (QED) is 0.405. The molecule has 1 saturated heterocycles. The maximum atomic E-state index is 14.6. The summed E-state index contributed by atoms with van der Waals surface area (Å²) in [4.78, 5) is 46.3. The van der Waals surface area contributed by atoms with Gasteiger partial charge in [-0.1, -0.05) is 11.3 Å². The van der Waals surface area contributed by atoms with Crippen molar-refractivity contribution in [3.63, 3.8) is 0 Å². The molecule has 1 saturated carbocycles. The van der Waals surface area contributed by atoms with Crippen LogP contribution in [-0.2, 0) is 9.53 Å². The van der Waals surface area contributed by atoms with E-state index in [1.807, 2.05) is 0 Å². The summed E-state index contributed by atoms with van der Waals surface area (Å²) in [6, 6.07) is 5.70. The second-order valence-corrected chi connectivity index (χ2v) is 9.86. The molecule has 2 aromatic heterocycles. The number of hydrogen-bond donors (Lipinski definition) is 3. The van der Waals surface area contributed by atoms with Crippen molar-refractivity contribution >= 4 is 45.7 Å². The van der Waals surface area contributed by atoms with Crippen LogP contribution in [-0.4, -0.2) is 47.0 Å². The number of amides is 3. The zero-order valence-corrected chi connectivity index (χ0v) is 20.7. The Bertz CT molecular complexity index is 1340. The molecule has 0 bridgehead atoms. The minimum atomic E-state index is -0.736. The number of thiazole rings is 1. The molecule has 1 aromatic carbocycles. The van der Waals surface area contributed by atoms with Crippen LogP contribution in [0.4, 0.5) is 21.0 Å². The number of anilines is 3. The molecule has 3 aromatic rings. The van der Waals surface area contributed by atoms with Gasteiger partial charge in [0.2, 0.25) is 5.91 Å². The van der Waals surface area contributed by atoms with Crippen LogP contribution in [0.1, 0.15) is 44.9 Å². The molecular formula is C25H24FN5O5S. The Morgan fingerprint density at radius 2 is 1.89 bits per heavy atom. The van der Waals surface area contributed by atoms with E-state index < -0.39 is 17.6 Å². The number of pyridine rings is 1. The van der Waals surface area contributed by atoms with Gasteiger partial charge in [0.15, 0.2) is 5.13 Å². The Kier molecular flexibility index (Phi) is 7.10. The predicted octanol–water partition coefficient (Wildman–Crippen LogP) is 4.01. The molecule has 1 aliphatic carbocycles. The Morgan fingerprint density at radius 3 is 2.59 bits per heavy atom. The van der Waals surface area contributed by atoms with E-state index in [2.05, 4.69) is 25.9 Å². The summed E-state index contributed by atoms with van der Waals surface area (Å²) in [5, 5.41) is 8.23. The Hall–Kier alpha value is -3.90. The van der Waals surface area contributed by atoms with Crippen molar-refractivity contribution in [1.82, 2.24) is 9.97 Å². The molecule has 1 atom stereocenters. The van der Waals surface area contributed by atoms with Crippen LogP contribution in [0.15, 0.2) is 36.7 Å². The van der Waals surface area contributed by atoms with Crippen molar-refractivity contribution in [2.45, 2.75) is 32.3 Å². The van der Waals surface area contributed by atoms with E-state index in [1.54, 1.807) is 19.1 Å². The highest BCUT2D eigenvalue weighted by Gasteiger charge is 2.25. The van der Waals surface area contributed by atoms with E-state index in [4.69, 9.17) is 9.47 Å². The first-order chi connectivity index (χ1) is 17.9. The molecule has 0 radical (unpaired) electrons. The number of aryl methyl sites for hydroxylation is 1. The minimum absolute atomic E-state index is 0.205. The van der Waals surface area contributed by atoms with Gasteiger partial charge in [-0.15, -0.1) is 0 Å². The molecule has 1 aliphatic heterocycles. The number of halogens is 1. The lowest BCUT2D eigenvalue weighted by atomic mass is 10.1. The zero-order valence-electron chi connectivity index (χ0n) is 19.9. The summed E-state index contributed by atoms with van der Waals surface area (Å²) >= 11 is 1.01. The fourth-order valence-corrected chi connectivity index (χ4v) is 4.35. The van der Waals surface area contributed by atoms with Crippen molar-refractivity contribution < 1.29 is 28.2 Å². The number of nitrogens with zero attached hydrogens (tertiary/aromatic N) is 2. The number of hydrogen-bond acceptors (Lipinski definition) is 8. The van der Waals surface area contributed by atoms with Crippen molar-refractivity contribution in [1.29, 1.82) is 0 Å². The van der Waals surface area contributed by atoms with E-state index in [-0.39, 0.29) is 39.9 Å². The predicted molar refractivity (Wildman–Crippen MR) is 135 cm³/mol. The topological polar surface area (TPSA) is 132 Å². The van der Waals surface area contributed by atoms with Gasteiger partial charge in [0.1, 0.15) is 22.3 Å². The lowest BCUT2D eigenvalue weighted by Gasteiger charge is -2.12. The van der Waals surface area contributed by atoms with E-state index in [0.717, 1.165) is 24.2 Å². The molecule has 5 rings (SSSR count). The third-order valence-electron chi connectivity index (χ3n) is 5.87. The third kappa shape index (κ3) is 6.09. The molecule has 2 aliphatic rings. The standard InChI is InChI=1S/C25H24FN5O5S/c1-13-8-18(26)17(23(33)30-21-5-4-16(10-27-21)36-15-2-3-15)9-19(13)29-24(34)20-11-28-25(37-20)31-22(32)14-6-7-35-12-14/h4-5,8-11,14-15H,2-3,6-7,12H2,1H3,(H,29,34)(H,27,30,33)(H,28,31,32)/t14-/m0/s1. The van der Waals surface area contributed by atoms with Crippen LogP contribution in [0.5, 0.6) is 5.75 Å². The van der Waals surface area contributed by atoms with Crippen LogP contribution < -0.4 is 20.7 Å². The van der Waals surface area contributed by atoms with E-state index in [0.29, 0.717) is 36.1 Å². The second kappa shape index (κ2) is 10.6. The van der Waals surface area contributed by atoms with Gasteiger partial charge in [-0.2, -0.15) is 0 Å². The maximum Gasteiger partial charge on any atom is 0.267 e. The smallest absolute Gasteiger partial charge is 0.267 e. The average molecular weight is 526 g/mol. The third-order valence-corrected chi connectivity index (χ3v) is 6.78. The highest BCUT2D eigenvalue weighted by Crippen LogP contribution is 2.27. The monoisotopic (exact) mass is 525 g/mol. The Morgan fingerprint density at radius 1 is 1.05 bits per heavy atom. The maximum absolute atomic E-state index is 14.6. The van der Waals surface area contributed by atoms with Gasteiger partial charge in [-0.3, -0.25) is 14.4 Å². The fraction of sp³-hybridized carbons (Fsp3) is 0.320. The number of carbonyl (C=O) groups excluding carboxylic acids is 3. The summed E-state index contributed by atoms with van der Waals surface area (Å²) in [6.45, 7) is 2.52. The summed E-state index contributed by atoms with van der Waals surface area (Å²) < 4.78 is 25.5. The number of ether oxygens (including phenoxy) is 2. The summed E-state index contributed by atoms with van der Waals surface area (Å²) in [5.74, 6) is -1.56. The van der Waals surface area contributed by atoms with Crippen LogP contribution in [0.25, 0.3) is 0 Å². The van der Waals surface area contributed by atoms with Gasteiger partial charge in [-0.25, -0.2) is 14.4 Å². The Labute approximate surface area is 215 Å². The largest absolute Gasteiger partial charge is 0.489 e. The molecule has 0 unspecified atom stereocenters. The minimum Gasteiger partial charge on any atom is -0.489 e. The molecule has 0 spiro atoms. The van der Waals surface area contributed by atoms with Gasteiger partial charge >= 0.3 is 0 Å². The summed E-state index contributed by atoms with van der Waals surface area (Å²) in [5.41, 5.74) is 0.443. The summed E-state index contributed by atoms with van der Waals surface area (Å²) in [7, 11) is 0. The first-order valence-electron chi connectivity index (χ1n) is 11.8. The van der Waals surface area contributed by atoms with Gasteiger partial charge in [-0.05, 0) is 56.0 Å². The fourth-order valence-electron chi connectivity index (χ4n) is 3.64. The van der Waals surface area contributed by atoms with E-state index >= 15 is 0 Å². The number of benzene rings is 1. The zero-order chi connectivity index (χ0) is 25.9. The Balaban J connectivity index is 1.24. The van der Waals surface area contributed by atoms with Crippen molar-refractivity contribution in [2.24, 2.45) is 5.92 Å². The first-order valence-corrected chi connectivity index (χ1v) is 12.6. The summed E-state index contributed by atoms with van der Waals surface area (Å²) in [6.07, 6.45) is 5.73. The molecule has 3 amide bonds. The highest BCUT2D eigenvalue weighted by atomic mass is 32.1. The average Bonchev–Trinajstić information content (AvgIpc) is 3.31. The molecule has 192 valence electrons. The number of aromatic nitrogens is 2. The normalized spacial score (nSPS) is 16.8. The molecule has 12 heteroatoms. The van der Waals surface area contributed by atoms with Crippen molar-refractivity contribution in [3.05, 3.63) is 58.5 Å². The van der Waals surface area contributed by atoms with Gasteiger partial charge in [0, 0.05) is 12.3 Å². The lowest BCUT2D eigenvalue weighted by Crippen LogP contribution is -2.22. The molecule has 10 nitrogen and oxygen atoms in total. The van der Waals surface area contributed by atoms with Crippen LogP contribution in [0.2, 0.25) is 0 Å². The molecule has 37 heavy (non-hydrogen) atoms. The van der Waals surface area contributed by atoms with E-state index in [9.17, 15) is 18.8 Å². The van der Waals surface area contributed by atoms with E-state index in [1.165, 1.54) is 24.5 Å². The highest BCUT2D eigenvalue weighted by molar-refractivity contribution is 7.17. The van der Waals surface area contributed by atoms with Crippen molar-refractivity contribution in [3.8, 4) is 5.75 Å². The lowest BCUT2D eigenvalue weighted by molar-refractivity contribution is -0.119. The SMILES string of the molecule is Cc1cc(F)c(C(=O)Nc2ccc(OC3CC3)cn2)cc1NC(=O)c1cnc(NC(=O)[C@H]2CCOC2)s1. The molecular weight excluding hydrogens is 501 g/mol. The molecule has 3 N–H and O–H groups in total. The van der Waals surface area contributed by atoms with Crippen LogP contribution >= 0.6 is 11.3 Å². The molecule has 3 heterocycles. The van der Waals surface area contributed by atoms with Gasteiger partial charge < -0.3 is 25.4 Å². The van der Waals surface area contributed by atoms with Gasteiger partial charge in [0.05, 0.1) is 36.6 Å². The number of carbonyl (C=O) groups is 3. The molecule has 2 fully saturated rings. The van der Waals surface area contributed by atoms with Crippen LogP contribution in [0, 0.1) is 18.7 Å².